The van der Waals surface area contributed by atoms with Crippen molar-refractivity contribution in [3.8, 4) is 0 Å². The van der Waals surface area contributed by atoms with E-state index in [4.69, 9.17) is 0 Å². The van der Waals surface area contributed by atoms with Gasteiger partial charge in [0.25, 0.3) is 0 Å². The van der Waals surface area contributed by atoms with Crippen molar-refractivity contribution >= 4 is 23.6 Å². The van der Waals surface area contributed by atoms with E-state index >= 15 is 0 Å². The van der Waals surface area contributed by atoms with Gasteiger partial charge in [-0.05, 0) is 38.7 Å². The van der Waals surface area contributed by atoms with Crippen molar-refractivity contribution in [3.63, 3.8) is 0 Å². The maximum atomic E-state index is 12.4. The number of hydrogen-bond donors (Lipinski definition) is 0. The van der Waals surface area contributed by atoms with Crippen molar-refractivity contribution in [2.75, 3.05) is 42.6 Å². The van der Waals surface area contributed by atoms with Gasteiger partial charge < -0.3 is 9.80 Å². The molecule has 6 heteroatoms. The lowest BCUT2D eigenvalue weighted by molar-refractivity contribution is -0.132. The molecule has 1 aromatic heterocycles. The smallest absolute Gasteiger partial charge is 0.225 e. The number of nitrogens with zero attached hydrogens (tertiary/aromatic N) is 4. The summed E-state index contributed by atoms with van der Waals surface area (Å²) in [6.45, 7) is 7.80. The van der Waals surface area contributed by atoms with Crippen LogP contribution >= 0.6 is 11.8 Å². The topological polar surface area (TPSA) is 49.3 Å². The third-order valence-corrected chi connectivity index (χ3v) is 5.64. The average Bonchev–Trinajstić information content (AvgIpc) is 2.55. The number of piperidine rings is 1. The summed E-state index contributed by atoms with van der Waals surface area (Å²) in [5.41, 5.74) is 2.04. The van der Waals surface area contributed by atoms with Gasteiger partial charge >= 0.3 is 0 Å². The first kappa shape index (κ1) is 16.6. The predicted octanol–water partition coefficient (Wildman–Crippen LogP) is 2.28. The van der Waals surface area contributed by atoms with Gasteiger partial charge in [-0.25, -0.2) is 9.97 Å². The highest BCUT2D eigenvalue weighted by atomic mass is 32.2. The minimum absolute atomic E-state index is 0.353. The third-order valence-electron chi connectivity index (χ3n) is 4.69. The number of hydrogen-bond acceptors (Lipinski definition) is 5. The van der Waals surface area contributed by atoms with Crippen molar-refractivity contribution in [1.82, 2.24) is 14.9 Å². The highest BCUT2D eigenvalue weighted by Gasteiger charge is 2.25. The first-order valence-electron chi connectivity index (χ1n) is 8.54. The number of carbonyl (C=O) groups is 1. The lowest BCUT2D eigenvalue weighted by atomic mass is 9.93. The normalized spacial score (nSPS) is 19.9. The van der Waals surface area contributed by atoms with Crippen LogP contribution in [0, 0.1) is 19.8 Å². The molecule has 0 unspecified atom stereocenters. The summed E-state index contributed by atoms with van der Waals surface area (Å²) in [6.07, 6.45) is 2.83. The largest absolute Gasteiger partial charge is 0.341 e. The van der Waals surface area contributed by atoms with E-state index in [-0.39, 0.29) is 0 Å². The molecule has 2 fully saturated rings. The predicted molar refractivity (Wildman–Crippen MR) is 95.0 cm³/mol. The molecule has 126 valence electrons. The van der Waals surface area contributed by atoms with Crippen molar-refractivity contribution < 1.29 is 4.79 Å². The molecule has 3 rings (SSSR count). The Balaban J connectivity index is 1.51. The van der Waals surface area contributed by atoms with E-state index in [0.29, 0.717) is 18.2 Å². The lowest BCUT2D eigenvalue weighted by Crippen LogP contribution is -2.41. The highest BCUT2D eigenvalue weighted by Crippen LogP contribution is 2.24. The molecule has 0 aliphatic carbocycles. The zero-order valence-electron chi connectivity index (χ0n) is 14.1. The van der Waals surface area contributed by atoms with Gasteiger partial charge in [0.15, 0.2) is 0 Å². The number of thioether (sulfide) groups is 1. The molecule has 0 bridgehead atoms. The molecule has 5 nitrogen and oxygen atoms in total. The first-order chi connectivity index (χ1) is 11.1. The van der Waals surface area contributed by atoms with Gasteiger partial charge in [0, 0.05) is 55.5 Å². The Hall–Kier alpha value is -1.30. The number of carbonyl (C=O) groups excluding carboxylic acids is 1. The average molecular weight is 334 g/mol. The molecule has 3 heterocycles. The molecule has 2 aliphatic heterocycles. The Bertz CT molecular complexity index is 531. The van der Waals surface area contributed by atoms with Crippen LogP contribution in [0.15, 0.2) is 6.07 Å². The van der Waals surface area contributed by atoms with Crippen molar-refractivity contribution in [2.45, 2.75) is 33.1 Å². The number of aromatic nitrogens is 2. The Morgan fingerprint density at radius 1 is 1.13 bits per heavy atom. The molecular formula is C17H26N4OS. The second-order valence-corrected chi connectivity index (χ2v) is 7.80. The van der Waals surface area contributed by atoms with Gasteiger partial charge in [-0.1, -0.05) is 0 Å². The monoisotopic (exact) mass is 334 g/mol. The molecule has 0 atom stereocenters. The zero-order valence-corrected chi connectivity index (χ0v) is 14.9. The first-order valence-corrected chi connectivity index (χ1v) is 9.70. The van der Waals surface area contributed by atoms with Gasteiger partial charge in [0.05, 0.1) is 0 Å². The Morgan fingerprint density at radius 2 is 1.74 bits per heavy atom. The van der Waals surface area contributed by atoms with Crippen molar-refractivity contribution in [3.05, 3.63) is 17.5 Å². The summed E-state index contributed by atoms with van der Waals surface area (Å²) in [6, 6.07) is 2.01. The van der Waals surface area contributed by atoms with Crippen LogP contribution in [0.3, 0.4) is 0 Å². The van der Waals surface area contributed by atoms with Gasteiger partial charge in [0.1, 0.15) is 0 Å². The number of rotatable bonds is 3. The fraction of sp³-hybridized carbons (Fsp3) is 0.706. The van der Waals surface area contributed by atoms with Gasteiger partial charge in [0.2, 0.25) is 11.9 Å². The Kier molecular flexibility index (Phi) is 5.41. The highest BCUT2D eigenvalue weighted by molar-refractivity contribution is 7.99. The fourth-order valence-electron chi connectivity index (χ4n) is 3.37. The minimum Gasteiger partial charge on any atom is -0.341 e. The lowest BCUT2D eigenvalue weighted by Gasteiger charge is -2.33. The molecule has 0 radical (unpaired) electrons. The molecule has 23 heavy (non-hydrogen) atoms. The molecule has 2 aliphatic rings. The second kappa shape index (κ2) is 7.51. The van der Waals surface area contributed by atoms with Gasteiger partial charge in [-0.15, -0.1) is 0 Å². The minimum atomic E-state index is 0.353. The van der Waals surface area contributed by atoms with E-state index in [9.17, 15) is 4.79 Å². The van der Waals surface area contributed by atoms with Crippen molar-refractivity contribution in [2.24, 2.45) is 5.92 Å². The van der Waals surface area contributed by atoms with Crippen LogP contribution in [0.4, 0.5) is 5.95 Å². The summed E-state index contributed by atoms with van der Waals surface area (Å²) >= 11 is 1.95. The van der Waals surface area contributed by atoms with E-state index in [1.54, 1.807) is 0 Å². The van der Waals surface area contributed by atoms with E-state index in [0.717, 1.165) is 67.9 Å². The van der Waals surface area contributed by atoms with Gasteiger partial charge in [-0.3, -0.25) is 4.79 Å². The number of amides is 1. The summed E-state index contributed by atoms with van der Waals surface area (Å²) in [7, 11) is 0. The summed E-state index contributed by atoms with van der Waals surface area (Å²) in [4.78, 5) is 25.8. The summed E-state index contributed by atoms with van der Waals surface area (Å²) < 4.78 is 0. The Morgan fingerprint density at radius 3 is 2.35 bits per heavy atom. The molecule has 1 aromatic rings. The van der Waals surface area contributed by atoms with Crippen LogP contribution in [-0.4, -0.2) is 58.5 Å². The second-order valence-electron chi connectivity index (χ2n) is 6.58. The zero-order chi connectivity index (χ0) is 16.2. The molecule has 0 N–H and O–H groups in total. The quantitative estimate of drug-likeness (QED) is 0.849. The summed E-state index contributed by atoms with van der Waals surface area (Å²) in [5, 5.41) is 0. The van der Waals surface area contributed by atoms with E-state index in [1.165, 1.54) is 0 Å². The van der Waals surface area contributed by atoms with Crippen LogP contribution in [0.2, 0.25) is 0 Å². The molecule has 1 amide bonds. The maximum absolute atomic E-state index is 12.4. The maximum Gasteiger partial charge on any atom is 0.225 e. The molecular weight excluding hydrogens is 308 g/mol. The number of anilines is 1. The standard InChI is InChI=1S/C17H26N4OS/c1-13-11-14(2)19-17(18-13)21-5-3-15(4-6-21)12-16(22)20-7-9-23-10-8-20/h11,15H,3-10,12H2,1-2H3. The van der Waals surface area contributed by atoms with Crippen LogP contribution in [0.5, 0.6) is 0 Å². The van der Waals surface area contributed by atoms with Crippen LogP contribution in [-0.2, 0) is 4.79 Å². The van der Waals surface area contributed by atoms with Gasteiger partial charge in [-0.2, -0.15) is 11.8 Å². The van der Waals surface area contributed by atoms with E-state index < -0.39 is 0 Å². The fourth-order valence-corrected chi connectivity index (χ4v) is 4.28. The number of aryl methyl sites for hydroxylation is 2. The Labute approximate surface area is 142 Å². The third kappa shape index (κ3) is 4.37. The molecule has 0 aromatic carbocycles. The SMILES string of the molecule is Cc1cc(C)nc(N2CCC(CC(=O)N3CCSCC3)CC2)n1. The van der Waals surface area contributed by atoms with Crippen LogP contribution in [0.1, 0.15) is 30.7 Å². The molecule has 2 saturated heterocycles. The molecule has 0 saturated carbocycles. The van der Waals surface area contributed by atoms with E-state index in [1.807, 2.05) is 31.7 Å². The summed E-state index contributed by atoms with van der Waals surface area (Å²) in [5.74, 6) is 3.90. The molecule has 0 spiro atoms. The van der Waals surface area contributed by atoms with Crippen molar-refractivity contribution in [1.29, 1.82) is 0 Å². The van der Waals surface area contributed by atoms with Crippen LogP contribution in [0.25, 0.3) is 0 Å². The van der Waals surface area contributed by atoms with Crippen LogP contribution < -0.4 is 4.90 Å². The van der Waals surface area contributed by atoms with E-state index in [2.05, 4.69) is 19.8 Å².